The lowest BCUT2D eigenvalue weighted by Crippen LogP contribution is -1.94. The molecule has 0 aromatic rings. The lowest BCUT2D eigenvalue weighted by molar-refractivity contribution is -0.133. The van der Waals surface area contributed by atoms with Crippen LogP contribution in [-0.2, 0) is 9.53 Å². The van der Waals surface area contributed by atoms with Crippen LogP contribution in [0.3, 0.4) is 0 Å². The van der Waals surface area contributed by atoms with Gasteiger partial charge in [0, 0.05) is 12.3 Å². The Balaban J connectivity index is 3.19. The third kappa shape index (κ3) is 9.12. The fraction of sp³-hybridized carbons (Fsp3) is 0.750. The molecule has 80 valence electrons. The largest absolute Gasteiger partial charge is 0.459 e. The first-order valence-corrected chi connectivity index (χ1v) is 5.38. The smallest absolute Gasteiger partial charge is 0.384 e. The molecule has 0 atom stereocenters. The van der Waals surface area contributed by atoms with E-state index < -0.39 is 5.97 Å². The van der Waals surface area contributed by atoms with Gasteiger partial charge in [0.1, 0.15) is 0 Å². The maximum absolute atomic E-state index is 10.6. The van der Waals surface area contributed by atoms with Gasteiger partial charge in [-0.2, -0.15) is 0 Å². The Morgan fingerprint density at radius 3 is 2.43 bits per heavy atom. The van der Waals surface area contributed by atoms with E-state index in [0.717, 1.165) is 12.8 Å². The highest BCUT2D eigenvalue weighted by molar-refractivity contribution is 5.88. The summed E-state index contributed by atoms with van der Waals surface area (Å²) in [4.78, 5) is 10.6. The number of carbonyl (C=O) groups excluding carboxylic acids is 1. The van der Waals surface area contributed by atoms with Crippen LogP contribution in [0.1, 0.15) is 51.9 Å². The minimum atomic E-state index is -0.434. The molecular weight excluding hydrogens is 176 g/mol. The predicted octanol–water partition coefficient (Wildman–Crippen LogP) is 2.91. The zero-order chi connectivity index (χ0) is 10.6. The number of unbranched alkanes of at least 4 members (excludes halogenated alkanes) is 6. The monoisotopic (exact) mass is 196 g/mol. The van der Waals surface area contributed by atoms with Crippen molar-refractivity contribution in [2.75, 3.05) is 7.11 Å². The lowest BCUT2D eigenvalue weighted by Gasteiger charge is -1.96. The van der Waals surface area contributed by atoms with E-state index in [9.17, 15) is 4.79 Å². The van der Waals surface area contributed by atoms with Gasteiger partial charge in [0.15, 0.2) is 0 Å². The van der Waals surface area contributed by atoms with Gasteiger partial charge in [0.25, 0.3) is 0 Å². The molecule has 14 heavy (non-hydrogen) atoms. The zero-order valence-electron chi connectivity index (χ0n) is 9.27. The Labute approximate surface area is 87.0 Å². The van der Waals surface area contributed by atoms with E-state index in [1.807, 2.05) is 0 Å². The molecule has 0 rings (SSSR count). The van der Waals surface area contributed by atoms with Gasteiger partial charge >= 0.3 is 5.97 Å². The molecule has 0 unspecified atom stereocenters. The van der Waals surface area contributed by atoms with Crippen LogP contribution >= 0.6 is 0 Å². The lowest BCUT2D eigenvalue weighted by atomic mass is 10.1. The van der Waals surface area contributed by atoms with E-state index in [-0.39, 0.29) is 0 Å². The van der Waals surface area contributed by atoms with Crippen LogP contribution in [0, 0.1) is 11.8 Å². The first kappa shape index (κ1) is 13.0. The average Bonchev–Trinajstić information content (AvgIpc) is 2.21. The van der Waals surface area contributed by atoms with Crippen molar-refractivity contribution in [3.05, 3.63) is 0 Å². The second kappa shape index (κ2) is 10.1. The zero-order valence-corrected chi connectivity index (χ0v) is 9.27. The van der Waals surface area contributed by atoms with Crippen molar-refractivity contribution >= 4 is 5.97 Å². The van der Waals surface area contributed by atoms with E-state index in [1.165, 1.54) is 39.2 Å². The van der Waals surface area contributed by atoms with Crippen molar-refractivity contribution in [1.29, 1.82) is 0 Å². The molecule has 0 aromatic heterocycles. The van der Waals surface area contributed by atoms with Gasteiger partial charge in [-0.3, -0.25) is 0 Å². The standard InChI is InChI=1S/C12H20O2/c1-3-4-5-6-7-8-9-10-11-12(13)14-2/h3-9H2,1-2H3. The van der Waals surface area contributed by atoms with E-state index in [0.29, 0.717) is 0 Å². The Morgan fingerprint density at radius 2 is 1.79 bits per heavy atom. The number of methoxy groups -OCH3 is 1. The summed E-state index contributed by atoms with van der Waals surface area (Å²) in [5.74, 6) is 4.79. The molecular formula is C12H20O2. The minimum absolute atomic E-state index is 0.434. The molecule has 0 amide bonds. The van der Waals surface area contributed by atoms with Crippen LogP contribution in [0.25, 0.3) is 0 Å². The molecule has 0 bridgehead atoms. The van der Waals surface area contributed by atoms with Crippen LogP contribution in [0.15, 0.2) is 0 Å². The number of rotatable bonds is 6. The number of ether oxygens (including phenoxy) is 1. The summed E-state index contributed by atoms with van der Waals surface area (Å²) < 4.78 is 4.40. The Hall–Kier alpha value is -0.970. The first-order valence-electron chi connectivity index (χ1n) is 5.38. The number of hydrogen-bond acceptors (Lipinski definition) is 2. The molecule has 0 saturated heterocycles. The Bertz CT molecular complexity index is 198. The fourth-order valence-corrected chi connectivity index (χ4v) is 1.18. The summed E-state index contributed by atoms with van der Waals surface area (Å²) in [5.41, 5.74) is 0. The molecule has 0 aliphatic heterocycles. The second-order valence-corrected chi connectivity index (χ2v) is 3.31. The first-order chi connectivity index (χ1) is 6.81. The number of hydrogen-bond donors (Lipinski definition) is 0. The predicted molar refractivity (Wildman–Crippen MR) is 57.8 cm³/mol. The van der Waals surface area contributed by atoms with Crippen LogP contribution in [-0.4, -0.2) is 13.1 Å². The maximum Gasteiger partial charge on any atom is 0.384 e. The highest BCUT2D eigenvalue weighted by Crippen LogP contribution is 2.05. The van der Waals surface area contributed by atoms with E-state index in [2.05, 4.69) is 23.5 Å². The average molecular weight is 196 g/mol. The topological polar surface area (TPSA) is 26.3 Å². The van der Waals surface area contributed by atoms with Crippen LogP contribution < -0.4 is 0 Å². The third-order valence-electron chi connectivity index (χ3n) is 2.03. The van der Waals surface area contributed by atoms with Crippen molar-refractivity contribution < 1.29 is 9.53 Å². The van der Waals surface area contributed by atoms with Crippen molar-refractivity contribution in [2.45, 2.75) is 51.9 Å². The molecule has 0 heterocycles. The quantitative estimate of drug-likeness (QED) is 0.282. The van der Waals surface area contributed by atoms with E-state index in [4.69, 9.17) is 0 Å². The van der Waals surface area contributed by atoms with Gasteiger partial charge in [0.2, 0.25) is 0 Å². The Morgan fingerprint density at radius 1 is 1.14 bits per heavy atom. The van der Waals surface area contributed by atoms with Gasteiger partial charge in [-0.25, -0.2) is 4.79 Å². The summed E-state index contributed by atoms with van der Waals surface area (Å²) in [6.45, 7) is 2.21. The molecule has 0 aliphatic carbocycles. The van der Waals surface area contributed by atoms with Crippen LogP contribution in [0.5, 0.6) is 0 Å². The van der Waals surface area contributed by atoms with Crippen molar-refractivity contribution in [1.82, 2.24) is 0 Å². The third-order valence-corrected chi connectivity index (χ3v) is 2.03. The minimum Gasteiger partial charge on any atom is -0.459 e. The van der Waals surface area contributed by atoms with Crippen LogP contribution in [0.2, 0.25) is 0 Å². The van der Waals surface area contributed by atoms with Gasteiger partial charge in [0.05, 0.1) is 7.11 Å². The number of carbonyl (C=O) groups is 1. The highest BCUT2D eigenvalue weighted by atomic mass is 16.5. The summed E-state index contributed by atoms with van der Waals surface area (Å²) in [6.07, 6.45) is 8.33. The maximum atomic E-state index is 10.6. The molecule has 2 heteroatoms. The van der Waals surface area contributed by atoms with Gasteiger partial charge in [-0.05, 0) is 6.42 Å². The summed E-state index contributed by atoms with van der Waals surface area (Å²) in [7, 11) is 1.35. The van der Waals surface area contributed by atoms with Crippen LogP contribution in [0.4, 0.5) is 0 Å². The van der Waals surface area contributed by atoms with Gasteiger partial charge < -0.3 is 4.74 Å². The van der Waals surface area contributed by atoms with Crippen molar-refractivity contribution in [3.63, 3.8) is 0 Å². The molecule has 0 spiro atoms. The molecule has 0 N–H and O–H groups in total. The SMILES string of the molecule is CCCCCCCCC#CC(=O)OC. The summed E-state index contributed by atoms with van der Waals surface area (Å²) >= 11 is 0. The van der Waals surface area contributed by atoms with E-state index >= 15 is 0 Å². The normalized spacial score (nSPS) is 9.00. The molecule has 2 nitrogen and oxygen atoms in total. The Kier molecular flexibility index (Phi) is 9.41. The van der Waals surface area contributed by atoms with Crippen molar-refractivity contribution in [3.8, 4) is 11.8 Å². The number of esters is 1. The molecule has 0 radical (unpaired) electrons. The highest BCUT2D eigenvalue weighted by Gasteiger charge is 1.90. The second-order valence-electron chi connectivity index (χ2n) is 3.31. The molecule has 0 saturated carbocycles. The molecule has 0 aromatic carbocycles. The molecule has 0 aliphatic rings. The summed E-state index contributed by atoms with van der Waals surface area (Å²) in [6, 6.07) is 0. The van der Waals surface area contributed by atoms with Gasteiger partial charge in [-0.1, -0.05) is 44.9 Å². The molecule has 0 fully saturated rings. The fourth-order valence-electron chi connectivity index (χ4n) is 1.18. The van der Waals surface area contributed by atoms with Gasteiger partial charge in [-0.15, -0.1) is 0 Å². The van der Waals surface area contributed by atoms with Crippen molar-refractivity contribution in [2.24, 2.45) is 0 Å². The summed E-state index contributed by atoms with van der Waals surface area (Å²) in [5, 5.41) is 0. The van der Waals surface area contributed by atoms with E-state index in [1.54, 1.807) is 0 Å².